The van der Waals surface area contributed by atoms with Gasteiger partial charge >= 0.3 is 0 Å². The van der Waals surface area contributed by atoms with E-state index in [0.717, 1.165) is 17.0 Å². The van der Waals surface area contributed by atoms with Gasteiger partial charge in [0.2, 0.25) is 5.43 Å². The van der Waals surface area contributed by atoms with Crippen molar-refractivity contribution in [3.05, 3.63) is 63.6 Å². The average Bonchev–Trinajstić information content (AvgIpc) is 2.58. The van der Waals surface area contributed by atoms with Crippen LogP contribution in [0.5, 0.6) is 5.75 Å². The first-order chi connectivity index (χ1) is 12.8. The fraction of sp³-hybridized carbons (Fsp3) is 0.522. The summed E-state index contributed by atoms with van der Waals surface area (Å²) < 4.78 is 12.2. The van der Waals surface area contributed by atoms with Crippen LogP contribution in [0.2, 0.25) is 18.1 Å². The number of H-pyrrole nitrogens is 1. The smallest absolute Gasteiger partial charge is 0.224 e. The summed E-state index contributed by atoms with van der Waals surface area (Å²) in [7, 11) is -0.547. The lowest BCUT2D eigenvalue weighted by Crippen LogP contribution is -2.42. The first kappa shape index (κ1) is 22.4. The Labute approximate surface area is 170 Å². The van der Waals surface area contributed by atoms with E-state index in [2.05, 4.69) is 71.8 Å². The number of ether oxygens (including phenoxy) is 1. The van der Waals surface area contributed by atoms with Crippen molar-refractivity contribution in [1.29, 1.82) is 0 Å². The van der Waals surface area contributed by atoms with Crippen LogP contribution in [0.25, 0.3) is 0 Å². The zero-order valence-corrected chi connectivity index (χ0v) is 19.8. The van der Waals surface area contributed by atoms with E-state index in [4.69, 9.17) is 9.16 Å². The third-order valence-electron chi connectivity index (χ3n) is 5.56. The topological polar surface area (TPSA) is 51.3 Å². The summed E-state index contributed by atoms with van der Waals surface area (Å²) >= 11 is 0. The standard InChI is InChI=1S/C23H35NO3Si/c1-22(2,3)21-20(26-7)18(25)15-17(24-21)19(16-13-11-10-12-14-16)27-28(8,9)23(4,5)6/h10-15,19H,1-9H3,(H,24,25)/t19-/m0/s1. The highest BCUT2D eigenvalue weighted by molar-refractivity contribution is 6.74. The monoisotopic (exact) mass is 401 g/mol. The van der Waals surface area contributed by atoms with Crippen LogP contribution in [0, 0.1) is 0 Å². The summed E-state index contributed by atoms with van der Waals surface area (Å²) in [5.74, 6) is 0.371. The molecule has 0 saturated carbocycles. The summed E-state index contributed by atoms with van der Waals surface area (Å²) in [6.45, 7) is 17.3. The summed E-state index contributed by atoms with van der Waals surface area (Å²) in [5.41, 5.74) is 2.21. The molecule has 4 nitrogen and oxygen atoms in total. The molecule has 0 unspecified atom stereocenters. The molecule has 1 aromatic carbocycles. The van der Waals surface area contributed by atoms with Gasteiger partial charge < -0.3 is 14.1 Å². The van der Waals surface area contributed by atoms with Gasteiger partial charge in [-0.05, 0) is 23.7 Å². The number of pyridine rings is 1. The van der Waals surface area contributed by atoms with Gasteiger partial charge in [-0.15, -0.1) is 0 Å². The third kappa shape index (κ3) is 4.76. The number of aromatic amines is 1. The van der Waals surface area contributed by atoms with E-state index in [9.17, 15) is 4.79 Å². The van der Waals surface area contributed by atoms with Crippen LogP contribution < -0.4 is 10.2 Å². The fourth-order valence-corrected chi connectivity index (χ4v) is 4.06. The molecule has 1 N–H and O–H groups in total. The second-order valence-corrected chi connectivity index (χ2v) is 14.7. The average molecular weight is 402 g/mol. The number of hydrogen-bond donors (Lipinski definition) is 1. The van der Waals surface area contributed by atoms with Crippen molar-refractivity contribution in [2.45, 2.75) is 71.2 Å². The Bertz CT molecular complexity index is 858. The molecule has 0 aliphatic rings. The van der Waals surface area contributed by atoms with Gasteiger partial charge in [0.15, 0.2) is 14.1 Å². The highest BCUT2D eigenvalue weighted by atomic mass is 28.4. The highest BCUT2D eigenvalue weighted by Crippen LogP contribution is 2.41. The molecule has 0 saturated heterocycles. The largest absolute Gasteiger partial charge is 0.491 e. The molecule has 0 fully saturated rings. The Balaban J connectivity index is 2.68. The SMILES string of the molecule is COc1c(C(C)(C)C)[nH]c([C@@H](O[Si](C)(C)C(C)(C)C)c2ccccc2)cc1=O. The van der Waals surface area contributed by atoms with Crippen LogP contribution in [-0.4, -0.2) is 20.4 Å². The van der Waals surface area contributed by atoms with Crippen LogP contribution >= 0.6 is 0 Å². The van der Waals surface area contributed by atoms with Crippen molar-refractivity contribution in [1.82, 2.24) is 4.98 Å². The van der Waals surface area contributed by atoms with E-state index >= 15 is 0 Å². The van der Waals surface area contributed by atoms with E-state index in [0.29, 0.717) is 5.75 Å². The van der Waals surface area contributed by atoms with Crippen LogP contribution in [0.4, 0.5) is 0 Å². The normalized spacial score (nSPS) is 14.0. The molecule has 28 heavy (non-hydrogen) atoms. The van der Waals surface area contributed by atoms with Gasteiger partial charge in [0.1, 0.15) is 6.10 Å². The van der Waals surface area contributed by atoms with Crippen molar-refractivity contribution < 1.29 is 9.16 Å². The van der Waals surface area contributed by atoms with Gasteiger partial charge in [-0.3, -0.25) is 4.79 Å². The zero-order chi connectivity index (χ0) is 21.3. The van der Waals surface area contributed by atoms with Crippen LogP contribution in [0.1, 0.15) is 64.6 Å². The van der Waals surface area contributed by atoms with Crippen LogP contribution in [0.15, 0.2) is 41.2 Å². The Hall–Kier alpha value is -1.85. The lowest BCUT2D eigenvalue weighted by Gasteiger charge is -2.39. The predicted octanol–water partition coefficient (Wildman–Crippen LogP) is 5.79. The third-order valence-corrected chi connectivity index (χ3v) is 10.0. The predicted molar refractivity (Wildman–Crippen MR) is 119 cm³/mol. The molecule has 0 spiro atoms. The first-order valence-corrected chi connectivity index (χ1v) is 12.7. The maximum absolute atomic E-state index is 12.8. The maximum atomic E-state index is 12.8. The summed E-state index contributed by atoms with van der Waals surface area (Å²) in [6, 6.07) is 11.7. The molecule has 1 heterocycles. The molecule has 5 heteroatoms. The summed E-state index contributed by atoms with van der Waals surface area (Å²) in [6.07, 6.45) is -0.332. The molecule has 0 bridgehead atoms. The summed E-state index contributed by atoms with van der Waals surface area (Å²) in [4.78, 5) is 16.3. The Morgan fingerprint density at radius 2 is 1.57 bits per heavy atom. The van der Waals surface area contributed by atoms with Crippen molar-refractivity contribution in [3.63, 3.8) is 0 Å². The van der Waals surface area contributed by atoms with Crippen LogP contribution in [-0.2, 0) is 9.84 Å². The minimum absolute atomic E-state index is 0.0552. The highest BCUT2D eigenvalue weighted by Gasteiger charge is 2.40. The van der Waals surface area contributed by atoms with Gasteiger partial charge in [-0.2, -0.15) is 0 Å². The van der Waals surface area contributed by atoms with E-state index < -0.39 is 8.32 Å². The number of benzene rings is 1. The molecule has 2 aromatic rings. The zero-order valence-electron chi connectivity index (χ0n) is 18.8. The second kappa shape index (κ2) is 7.88. The molecule has 2 rings (SSSR count). The van der Waals surface area contributed by atoms with E-state index in [1.165, 1.54) is 0 Å². The van der Waals surface area contributed by atoms with Crippen molar-refractivity contribution in [2.24, 2.45) is 0 Å². The number of rotatable bonds is 5. The first-order valence-electron chi connectivity index (χ1n) is 9.82. The molecular formula is C23H35NO3Si. The Morgan fingerprint density at radius 1 is 1.00 bits per heavy atom. The molecule has 0 amide bonds. The van der Waals surface area contributed by atoms with Crippen molar-refractivity contribution >= 4 is 8.32 Å². The molecule has 0 aliphatic carbocycles. The number of methoxy groups -OCH3 is 1. The van der Waals surface area contributed by atoms with Gasteiger partial charge in [-0.25, -0.2) is 0 Å². The lowest BCUT2D eigenvalue weighted by molar-refractivity contribution is 0.216. The molecule has 1 aromatic heterocycles. The van der Waals surface area contributed by atoms with E-state index in [-0.39, 0.29) is 22.0 Å². The number of aromatic nitrogens is 1. The minimum Gasteiger partial charge on any atom is -0.491 e. The molecule has 154 valence electrons. The summed E-state index contributed by atoms with van der Waals surface area (Å²) in [5, 5.41) is 0.0552. The van der Waals surface area contributed by atoms with E-state index in [1.807, 2.05) is 18.2 Å². The molecule has 0 radical (unpaired) electrons. The molecule has 0 aliphatic heterocycles. The van der Waals surface area contributed by atoms with Gasteiger partial charge in [0.05, 0.1) is 18.5 Å². The quantitative estimate of drug-likeness (QED) is 0.645. The fourth-order valence-electron chi connectivity index (χ4n) is 2.85. The van der Waals surface area contributed by atoms with Crippen molar-refractivity contribution in [3.8, 4) is 5.75 Å². The second-order valence-electron chi connectivity index (χ2n) is 9.92. The Kier molecular flexibility index (Phi) is 6.31. The van der Waals surface area contributed by atoms with Gasteiger partial charge in [0, 0.05) is 11.5 Å². The molecular weight excluding hydrogens is 366 g/mol. The number of hydrogen-bond acceptors (Lipinski definition) is 3. The van der Waals surface area contributed by atoms with E-state index in [1.54, 1.807) is 13.2 Å². The van der Waals surface area contributed by atoms with Gasteiger partial charge in [-0.1, -0.05) is 71.9 Å². The lowest BCUT2D eigenvalue weighted by atomic mass is 9.90. The molecule has 1 atom stereocenters. The Morgan fingerprint density at radius 3 is 2.04 bits per heavy atom. The van der Waals surface area contributed by atoms with Gasteiger partial charge in [0.25, 0.3) is 0 Å². The van der Waals surface area contributed by atoms with Crippen LogP contribution in [0.3, 0.4) is 0 Å². The minimum atomic E-state index is -2.09. The van der Waals surface area contributed by atoms with Crippen molar-refractivity contribution in [2.75, 3.05) is 7.11 Å². The maximum Gasteiger partial charge on any atom is 0.224 e. The number of nitrogens with one attached hydrogen (secondary N) is 1.